The van der Waals surface area contributed by atoms with E-state index in [9.17, 15) is 0 Å². The number of hydrogen-bond donors (Lipinski definition) is 6. The van der Waals surface area contributed by atoms with Crippen molar-refractivity contribution >= 4 is 23.9 Å². The van der Waals surface area contributed by atoms with Gasteiger partial charge in [0.2, 0.25) is 0 Å². The van der Waals surface area contributed by atoms with Gasteiger partial charge in [-0.05, 0) is 5.56 Å². The summed E-state index contributed by atoms with van der Waals surface area (Å²) in [7, 11) is 0. The van der Waals surface area contributed by atoms with Gasteiger partial charge in [-0.2, -0.15) is 0 Å². The van der Waals surface area contributed by atoms with Crippen LogP contribution in [0.25, 0.3) is 0 Å². The van der Waals surface area contributed by atoms with Crippen molar-refractivity contribution in [2.45, 2.75) is 34.2 Å². The summed E-state index contributed by atoms with van der Waals surface area (Å²) in [6.07, 6.45) is 0. The minimum atomic E-state index is -0.833. The van der Waals surface area contributed by atoms with Crippen molar-refractivity contribution in [1.29, 1.82) is 0 Å². The van der Waals surface area contributed by atoms with E-state index in [1.165, 1.54) is 5.56 Å². The summed E-state index contributed by atoms with van der Waals surface area (Å²) >= 11 is 0. The molecule has 146 valence electrons. The third-order valence-electron chi connectivity index (χ3n) is 1.08. The van der Waals surface area contributed by atoms with E-state index < -0.39 is 23.9 Å². The molecule has 9 N–H and O–H groups in total. The van der Waals surface area contributed by atoms with Crippen molar-refractivity contribution in [3.05, 3.63) is 35.9 Å². The molecule has 10 nitrogen and oxygen atoms in total. The summed E-state index contributed by atoms with van der Waals surface area (Å²) < 4.78 is 0. The zero-order valence-corrected chi connectivity index (χ0v) is 14.8. The fourth-order valence-electron chi connectivity index (χ4n) is 0.614. The van der Waals surface area contributed by atoms with E-state index in [0.29, 0.717) is 6.54 Å². The van der Waals surface area contributed by atoms with Crippen LogP contribution in [0.5, 0.6) is 0 Å². The molecule has 0 spiro atoms. The molecule has 0 aliphatic heterocycles. The summed E-state index contributed by atoms with van der Waals surface area (Å²) in [4.78, 5) is 36.0. The van der Waals surface area contributed by atoms with E-state index >= 15 is 0 Å². The summed E-state index contributed by atoms with van der Waals surface area (Å²) in [6, 6.07) is 9.99. The zero-order chi connectivity index (χ0) is 20.1. The Hall–Kier alpha value is -2.98. The first-order valence-corrected chi connectivity index (χ1v) is 6.38. The second-order valence-corrected chi connectivity index (χ2v) is 3.77. The lowest BCUT2D eigenvalue weighted by Gasteiger charge is -1.90. The van der Waals surface area contributed by atoms with Crippen LogP contribution in [0.2, 0.25) is 0 Å². The Morgan fingerprint density at radius 1 is 0.720 bits per heavy atom. The molecule has 0 radical (unpaired) electrons. The fraction of sp³-hybridized carbons (Fsp3) is 0.333. The number of nitrogens with two attached hydrogens (primary N) is 1. The lowest BCUT2D eigenvalue weighted by molar-refractivity contribution is -0.135. The summed E-state index contributed by atoms with van der Waals surface area (Å²) in [5.41, 5.74) is 6.54. The average Bonchev–Trinajstić information content (AvgIpc) is 2.37. The molecule has 0 bridgehead atoms. The highest BCUT2D eigenvalue weighted by Crippen LogP contribution is 1.94. The highest BCUT2D eigenvalue weighted by molar-refractivity contribution is 5.63. The molecule has 0 atom stereocenters. The Bertz CT molecular complexity index is 400. The van der Waals surface area contributed by atoms with Crippen LogP contribution in [0.4, 0.5) is 0 Å². The van der Waals surface area contributed by atoms with E-state index in [0.717, 1.165) is 27.7 Å². The van der Waals surface area contributed by atoms with Crippen LogP contribution in [-0.4, -0.2) is 44.3 Å². The number of rotatable bonds is 1. The molecule has 1 rings (SSSR count). The van der Waals surface area contributed by atoms with Crippen LogP contribution in [0, 0.1) is 0 Å². The quantitative estimate of drug-likeness (QED) is 0.424. The number of carboxylic acids is 4. The maximum atomic E-state index is 9.00. The monoisotopic (exact) mass is 364 g/mol. The largest absolute Gasteiger partial charge is 0.481 e. The molecule has 0 fully saturated rings. The fourth-order valence-corrected chi connectivity index (χ4v) is 0.614. The van der Waals surface area contributed by atoms with Crippen LogP contribution in [-0.2, 0) is 25.7 Å². The molecular weight excluding hydrogens is 336 g/mol. The normalized spacial score (nSPS) is 6.92. The second kappa shape index (κ2) is 25.9. The molecule has 0 aliphatic rings. The van der Waals surface area contributed by atoms with Gasteiger partial charge in [-0.3, -0.25) is 19.2 Å². The minimum absolute atomic E-state index is 0. The van der Waals surface area contributed by atoms with Crippen LogP contribution < -0.4 is 11.9 Å². The van der Waals surface area contributed by atoms with Crippen molar-refractivity contribution in [2.24, 2.45) is 5.73 Å². The van der Waals surface area contributed by atoms with Crippen LogP contribution in [0.3, 0.4) is 0 Å². The highest BCUT2D eigenvalue weighted by Gasteiger charge is 1.80. The Morgan fingerprint density at radius 2 is 0.920 bits per heavy atom. The van der Waals surface area contributed by atoms with E-state index in [2.05, 4.69) is 0 Å². The van der Waals surface area contributed by atoms with E-state index in [1.807, 2.05) is 30.3 Å². The molecule has 0 saturated carbocycles. The van der Waals surface area contributed by atoms with Crippen molar-refractivity contribution < 1.29 is 39.6 Å². The molecular formula is C15H28N2O8. The van der Waals surface area contributed by atoms with Gasteiger partial charge in [-0.15, -0.1) is 0 Å². The maximum absolute atomic E-state index is 9.00. The molecule has 0 amide bonds. The molecule has 0 saturated heterocycles. The molecule has 1 aromatic rings. The molecule has 0 unspecified atom stereocenters. The van der Waals surface area contributed by atoms with E-state index in [4.69, 9.17) is 45.3 Å². The first-order chi connectivity index (χ1) is 10.9. The Kier molecular flexibility index (Phi) is 34.9. The predicted molar refractivity (Wildman–Crippen MR) is 92.6 cm³/mol. The zero-order valence-electron chi connectivity index (χ0n) is 14.8. The summed E-state index contributed by atoms with van der Waals surface area (Å²) in [5.74, 6) is -3.33. The molecule has 25 heavy (non-hydrogen) atoms. The highest BCUT2D eigenvalue weighted by atomic mass is 16.4. The number of carboxylic acid groups (broad SMARTS) is 4. The van der Waals surface area contributed by atoms with Gasteiger partial charge in [0.05, 0.1) is 0 Å². The Morgan fingerprint density at radius 3 is 1.04 bits per heavy atom. The van der Waals surface area contributed by atoms with Gasteiger partial charge in [0.15, 0.2) is 0 Å². The topological polar surface area (TPSA) is 210 Å². The lowest BCUT2D eigenvalue weighted by atomic mass is 10.2. The maximum Gasteiger partial charge on any atom is 0.300 e. The molecule has 0 aromatic heterocycles. The van der Waals surface area contributed by atoms with Crippen molar-refractivity contribution in [3.63, 3.8) is 0 Å². The summed E-state index contributed by atoms with van der Waals surface area (Å²) in [6.45, 7) is 4.97. The second-order valence-electron chi connectivity index (χ2n) is 3.77. The number of carbonyl (C=O) groups is 4. The lowest BCUT2D eigenvalue weighted by Crippen LogP contribution is -1.94. The van der Waals surface area contributed by atoms with Gasteiger partial charge < -0.3 is 32.3 Å². The van der Waals surface area contributed by atoms with Gasteiger partial charge in [-0.1, -0.05) is 30.3 Å². The SMILES string of the molecule is CC(=O)O.CC(=O)O.CC(=O)O.CC(=O)O.N.NCc1ccccc1. The van der Waals surface area contributed by atoms with E-state index in [-0.39, 0.29) is 6.15 Å². The van der Waals surface area contributed by atoms with Crippen molar-refractivity contribution in [2.75, 3.05) is 0 Å². The third-order valence-corrected chi connectivity index (χ3v) is 1.08. The first-order valence-electron chi connectivity index (χ1n) is 6.38. The molecule has 0 aliphatic carbocycles. The Balaban J connectivity index is -0.0000000695. The Labute approximate surface area is 146 Å². The van der Waals surface area contributed by atoms with Crippen LogP contribution >= 0.6 is 0 Å². The smallest absolute Gasteiger partial charge is 0.300 e. The van der Waals surface area contributed by atoms with Gasteiger partial charge in [0.25, 0.3) is 23.9 Å². The standard InChI is InChI=1S/C7H9N.4C2H4O2.H3N/c8-6-7-4-2-1-3-5-7;4*1-2(3)4;/h1-5H,6,8H2;4*1H3,(H,3,4);1H3. The molecule has 1 aromatic carbocycles. The predicted octanol–water partition coefficient (Wildman–Crippen LogP) is 1.67. The van der Waals surface area contributed by atoms with Crippen LogP contribution in [0.1, 0.15) is 33.3 Å². The van der Waals surface area contributed by atoms with Crippen molar-refractivity contribution in [3.8, 4) is 0 Å². The number of aliphatic carboxylic acids is 4. The number of hydrogen-bond acceptors (Lipinski definition) is 6. The van der Waals surface area contributed by atoms with E-state index in [1.54, 1.807) is 0 Å². The number of benzene rings is 1. The van der Waals surface area contributed by atoms with Gasteiger partial charge >= 0.3 is 0 Å². The van der Waals surface area contributed by atoms with Crippen molar-refractivity contribution in [1.82, 2.24) is 6.15 Å². The first kappa shape index (κ1) is 33.6. The van der Waals surface area contributed by atoms with Gasteiger partial charge in [0.1, 0.15) is 0 Å². The minimum Gasteiger partial charge on any atom is -0.481 e. The average molecular weight is 364 g/mol. The van der Waals surface area contributed by atoms with Crippen LogP contribution in [0.15, 0.2) is 30.3 Å². The van der Waals surface area contributed by atoms with Gasteiger partial charge in [0, 0.05) is 34.2 Å². The van der Waals surface area contributed by atoms with Gasteiger partial charge in [-0.25, -0.2) is 0 Å². The summed E-state index contributed by atoms with van der Waals surface area (Å²) in [5, 5.41) is 29.7. The molecule has 10 heteroatoms. The molecule has 0 heterocycles. The third kappa shape index (κ3) is 154.